The van der Waals surface area contributed by atoms with Gasteiger partial charge in [0.25, 0.3) is 5.91 Å². The summed E-state index contributed by atoms with van der Waals surface area (Å²) in [6, 6.07) is 9.60. The Morgan fingerprint density at radius 2 is 1.88 bits per heavy atom. The number of fused-ring (bicyclic) bond motifs is 1. The molecule has 1 aliphatic carbocycles. The number of pyridine rings is 1. The van der Waals surface area contributed by atoms with Gasteiger partial charge in [-0.15, -0.1) is 12.4 Å². The van der Waals surface area contributed by atoms with Crippen molar-refractivity contribution < 1.29 is 14.3 Å². The van der Waals surface area contributed by atoms with Crippen molar-refractivity contribution in [1.82, 2.24) is 10.3 Å². The Balaban J connectivity index is 0.00000243. The molecule has 0 saturated heterocycles. The molecular formula is C20H25ClN2O3. The van der Waals surface area contributed by atoms with Gasteiger partial charge in [0.2, 0.25) is 0 Å². The van der Waals surface area contributed by atoms with E-state index < -0.39 is 0 Å². The van der Waals surface area contributed by atoms with Gasteiger partial charge in [0, 0.05) is 24.0 Å². The van der Waals surface area contributed by atoms with Gasteiger partial charge in [-0.2, -0.15) is 0 Å². The largest absolute Gasteiger partial charge is 0.466 e. The number of halogens is 1. The number of esters is 1. The van der Waals surface area contributed by atoms with Gasteiger partial charge < -0.3 is 10.1 Å². The van der Waals surface area contributed by atoms with Crippen LogP contribution in [0.3, 0.4) is 0 Å². The lowest BCUT2D eigenvalue weighted by Gasteiger charge is -2.28. The van der Waals surface area contributed by atoms with Crippen LogP contribution in [0.5, 0.6) is 0 Å². The minimum atomic E-state index is -0.113. The third-order valence-electron chi connectivity index (χ3n) is 4.84. The summed E-state index contributed by atoms with van der Waals surface area (Å²) < 4.78 is 5.02. The summed E-state index contributed by atoms with van der Waals surface area (Å²) in [5, 5.41) is 4.02. The molecule has 1 amide bonds. The first-order valence-corrected chi connectivity index (χ1v) is 8.97. The number of hydrogen-bond acceptors (Lipinski definition) is 4. The molecule has 0 atom stereocenters. The van der Waals surface area contributed by atoms with Crippen molar-refractivity contribution in [2.75, 3.05) is 6.61 Å². The van der Waals surface area contributed by atoms with E-state index in [1.54, 1.807) is 12.3 Å². The van der Waals surface area contributed by atoms with Crippen LogP contribution in [0.15, 0.2) is 36.5 Å². The van der Waals surface area contributed by atoms with Crippen LogP contribution in [0.4, 0.5) is 0 Å². The molecule has 0 spiro atoms. The van der Waals surface area contributed by atoms with Crippen molar-refractivity contribution in [2.24, 2.45) is 5.92 Å². The summed E-state index contributed by atoms with van der Waals surface area (Å²) in [6.07, 6.45) is 5.86. The number of nitrogens with one attached hydrogen (secondary N) is 1. The average molecular weight is 377 g/mol. The molecule has 1 aromatic carbocycles. The number of aromatic nitrogens is 1. The molecule has 1 saturated carbocycles. The van der Waals surface area contributed by atoms with Gasteiger partial charge in [0.1, 0.15) is 0 Å². The molecule has 3 rings (SSSR count). The Hall–Kier alpha value is -2.14. The Bertz CT molecular complexity index is 752. The molecule has 1 heterocycles. The molecule has 140 valence electrons. The lowest BCUT2D eigenvalue weighted by Crippen LogP contribution is -2.38. The monoisotopic (exact) mass is 376 g/mol. The Labute approximate surface area is 159 Å². The van der Waals surface area contributed by atoms with Crippen LogP contribution < -0.4 is 5.32 Å². The number of ether oxygens (including phenoxy) is 1. The van der Waals surface area contributed by atoms with Crippen LogP contribution in [0.25, 0.3) is 10.9 Å². The standard InChI is InChI=1S/C20H24N2O3.ClH/c1-2-25-19(23)13-14-7-9-15(10-8-14)22-20(24)17-11-12-21-18-6-4-3-5-16(17)18;/h3-6,11-12,14-15H,2,7-10,13H2,1H3,(H,22,24);1H/t14-,15-;. The van der Waals surface area contributed by atoms with E-state index in [1.165, 1.54) is 0 Å². The molecule has 5 nitrogen and oxygen atoms in total. The summed E-state index contributed by atoms with van der Waals surface area (Å²) in [4.78, 5) is 28.5. The molecule has 0 unspecified atom stereocenters. The summed E-state index contributed by atoms with van der Waals surface area (Å²) in [5.41, 5.74) is 1.49. The molecule has 1 N–H and O–H groups in total. The highest BCUT2D eigenvalue weighted by Gasteiger charge is 2.25. The van der Waals surface area contributed by atoms with E-state index in [0.717, 1.165) is 36.6 Å². The molecule has 1 aliphatic rings. The Kier molecular flexibility index (Phi) is 7.39. The van der Waals surface area contributed by atoms with Crippen LogP contribution >= 0.6 is 12.4 Å². The minimum absolute atomic E-state index is 0. The van der Waals surface area contributed by atoms with Gasteiger partial charge in [0.15, 0.2) is 0 Å². The highest BCUT2D eigenvalue weighted by molar-refractivity contribution is 6.06. The molecular weight excluding hydrogens is 352 g/mol. The van der Waals surface area contributed by atoms with Crippen LogP contribution in [0, 0.1) is 5.92 Å². The zero-order valence-electron chi connectivity index (χ0n) is 14.9. The van der Waals surface area contributed by atoms with E-state index in [-0.39, 0.29) is 30.3 Å². The molecule has 0 aliphatic heterocycles. The van der Waals surface area contributed by atoms with E-state index >= 15 is 0 Å². The lowest BCUT2D eigenvalue weighted by molar-refractivity contribution is -0.144. The predicted molar refractivity (Wildman–Crippen MR) is 103 cm³/mol. The number of rotatable bonds is 5. The normalized spacial score (nSPS) is 19.4. The number of nitrogens with zero attached hydrogens (tertiary/aromatic N) is 1. The van der Waals surface area contributed by atoms with Crippen molar-refractivity contribution in [3.8, 4) is 0 Å². The van der Waals surface area contributed by atoms with E-state index in [4.69, 9.17) is 4.74 Å². The van der Waals surface area contributed by atoms with E-state index in [2.05, 4.69) is 10.3 Å². The molecule has 1 fully saturated rings. The van der Waals surface area contributed by atoms with E-state index in [0.29, 0.717) is 24.5 Å². The fourth-order valence-electron chi connectivity index (χ4n) is 3.52. The molecule has 26 heavy (non-hydrogen) atoms. The smallest absolute Gasteiger partial charge is 0.306 e. The molecule has 1 aromatic heterocycles. The maximum Gasteiger partial charge on any atom is 0.306 e. The number of carbonyl (C=O) groups is 2. The summed E-state index contributed by atoms with van der Waals surface area (Å²) in [5.74, 6) is 0.208. The topological polar surface area (TPSA) is 68.3 Å². The number of amides is 1. The van der Waals surface area contributed by atoms with E-state index in [1.807, 2.05) is 31.2 Å². The van der Waals surface area contributed by atoms with Gasteiger partial charge in [-0.25, -0.2) is 0 Å². The number of carbonyl (C=O) groups excluding carboxylic acids is 2. The maximum absolute atomic E-state index is 12.7. The molecule has 0 radical (unpaired) electrons. The summed E-state index contributed by atoms with van der Waals surface area (Å²) >= 11 is 0. The molecule has 6 heteroatoms. The second-order valence-corrected chi connectivity index (χ2v) is 6.58. The van der Waals surface area contributed by atoms with Crippen LogP contribution in [0.1, 0.15) is 49.4 Å². The van der Waals surface area contributed by atoms with Crippen LogP contribution in [-0.2, 0) is 9.53 Å². The van der Waals surface area contributed by atoms with Crippen molar-refractivity contribution in [3.63, 3.8) is 0 Å². The van der Waals surface area contributed by atoms with Crippen LogP contribution in [-0.4, -0.2) is 29.5 Å². The second-order valence-electron chi connectivity index (χ2n) is 6.58. The van der Waals surface area contributed by atoms with Gasteiger partial charge in [-0.05, 0) is 50.7 Å². The Morgan fingerprint density at radius 1 is 1.15 bits per heavy atom. The second kappa shape index (κ2) is 9.53. The van der Waals surface area contributed by atoms with Crippen molar-refractivity contribution in [3.05, 3.63) is 42.1 Å². The van der Waals surface area contributed by atoms with Gasteiger partial charge in [0.05, 0.1) is 17.7 Å². The quantitative estimate of drug-likeness (QED) is 0.803. The fraction of sp³-hybridized carbons (Fsp3) is 0.450. The Morgan fingerprint density at radius 3 is 2.62 bits per heavy atom. The number of para-hydroxylation sites is 1. The highest BCUT2D eigenvalue weighted by atomic mass is 35.5. The lowest BCUT2D eigenvalue weighted by atomic mass is 9.84. The van der Waals surface area contributed by atoms with Gasteiger partial charge in [-0.3, -0.25) is 14.6 Å². The highest BCUT2D eigenvalue weighted by Crippen LogP contribution is 2.27. The van der Waals surface area contributed by atoms with Crippen molar-refractivity contribution in [1.29, 1.82) is 0 Å². The number of hydrogen-bond donors (Lipinski definition) is 1. The zero-order valence-corrected chi connectivity index (χ0v) is 15.8. The van der Waals surface area contributed by atoms with Crippen LogP contribution in [0.2, 0.25) is 0 Å². The van der Waals surface area contributed by atoms with Gasteiger partial charge >= 0.3 is 5.97 Å². The number of benzene rings is 1. The maximum atomic E-state index is 12.7. The minimum Gasteiger partial charge on any atom is -0.466 e. The first kappa shape index (κ1) is 20.2. The van der Waals surface area contributed by atoms with E-state index in [9.17, 15) is 9.59 Å². The fourth-order valence-corrected chi connectivity index (χ4v) is 3.52. The van der Waals surface area contributed by atoms with Crippen molar-refractivity contribution in [2.45, 2.75) is 45.1 Å². The third-order valence-corrected chi connectivity index (χ3v) is 4.84. The van der Waals surface area contributed by atoms with Crippen molar-refractivity contribution >= 4 is 35.2 Å². The third kappa shape index (κ3) is 4.94. The first-order chi connectivity index (χ1) is 12.2. The molecule has 0 bridgehead atoms. The SMILES string of the molecule is CCOC(=O)C[C@H]1CC[C@H](NC(=O)c2ccnc3ccccc23)CC1.Cl. The molecule has 2 aromatic rings. The summed E-state index contributed by atoms with van der Waals surface area (Å²) in [6.45, 7) is 2.26. The summed E-state index contributed by atoms with van der Waals surface area (Å²) in [7, 11) is 0. The average Bonchev–Trinajstić information content (AvgIpc) is 2.63. The first-order valence-electron chi connectivity index (χ1n) is 8.97. The zero-order chi connectivity index (χ0) is 17.6. The van der Waals surface area contributed by atoms with Gasteiger partial charge in [-0.1, -0.05) is 18.2 Å². The predicted octanol–water partition coefficient (Wildman–Crippen LogP) is 3.90.